The number of hydrogen-bond donors (Lipinski definition) is 2. The first kappa shape index (κ1) is 21.8. The van der Waals surface area contributed by atoms with Gasteiger partial charge < -0.3 is 20.3 Å². The molecular weight excluding hydrogens is 431 g/mol. The molecule has 0 radical (unpaired) electrons. The SMILES string of the molecule is CNC(=S)Nc1ccc([C@H]2CN(c3nc(-c4ccncc4F)cc(=O)n3C)CCO2)cc1. The summed E-state index contributed by atoms with van der Waals surface area (Å²) < 4.78 is 21.7. The normalized spacial score (nSPS) is 16.0. The molecule has 3 heterocycles. The Morgan fingerprint density at radius 2 is 2.06 bits per heavy atom. The van der Waals surface area contributed by atoms with Crippen molar-refractivity contribution in [2.45, 2.75) is 6.10 Å². The zero-order valence-corrected chi connectivity index (χ0v) is 18.5. The first-order chi connectivity index (χ1) is 15.5. The minimum atomic E-state index is -0.523. The molecule has 0 saturated carbocycles. The molecule has 0 unspecified atom stereocenters. The molecule has 1 fully saturated rings. The van der Waals surface area contributed by atoms with Gasteiger partial charge in [-0.1, -0.05) is 12.1 Å². The summed E-state index contributed by atoms with van der Waals surface area (Å²) in [6, 6.07) is 10.7. The third kappa shape index (κ3) is 4.61. The number of nitrogens with one attached hydrogen (secondary N) is 2. The highest BCUT2D eigenvalue weighted by Gasteiger charge is 2.25. The molecule has 0 amide bonds. The number of anilines is 2. The van der Waals surface area contributed by atoms with Crippen molar-refractivity contribution in [2.24, 2.45) is 7.05 Å². The van der Waals surface area contributed by atoms with E-state index in [4.69, 9.17) is 17.0 Å². The van der Waals surface area contributed by atoms with Crippen molar-refractivity contribution < 1.29 is 9.13 Å². The second kappa shape index (κ2) is 9.41. The Hall–Kier alpha value is -3.37. The lowest BCUT2D eigenvalue weighted by Gasteiger charge is -2.34. The lowest BCUT2D eigenvalue weighted by atomic mass is 10.1. The summed E-state index contributed by atoms with van der Waals surface area (Å²) in [5.74, 6) is -0.0554. The Balaban J connectivity index is 1.59. The fraction of sp³-hybridized carbons (Fsp3) is 0.273. The molecule has 4 rings (SSSR count). The van der Waals surface area contributed by atoms with E-state index in [2.05, 4.69) is 20.6 Å². The molecule has 1 saturated heterocycles. The highest BCUT2D eigenvalue weighted by molar-refractivity contribution is 7.80. The van der Waals surface area contributed by atoms with E-state index in [1.165, 1.54) is 22.9 Å². The van der Waals surface area contributed by atoms with Gasteiger partial charge >= 0.3 is 0 Å². The maximum atomic E-state index is 14.2. The summed E-state index contributed by atoms with van der Waals surface area (Å²) in [7, 11) is 3.42. The van der Waals surface area contributed by atoms with Crippen molar-refractivity contribution in [1.29, 1.82) is 0 Å². The van der Waals surface area contributed by atoms with E-state index in [1.807, 2.05) is 29.2 Å². The Morgan fingerprint density at radius 1 is 1.28 bits per heavy atom. The third-order valence-electron chi connectivity index (χ3n) is 5.28. The largest absolute Gasteiger partial charge is 0.370 e. The number of aromatic nitrogens is 3. The van der Waals surface area contributed by atoms with Crippen LogP contribution in [0.15, 0.2) is 53.6 Å². The van der Waals surface area contributed by atoms with Crippen molar-refractivity contribution in [1.82, 2.24) is 19.9 Å². The highest BCUT2D eigenvalue weighted by Crippen LogP contribution is 2.27. The molecule has 8 nitrogen and oxygen atoms in total. The van der Waals surface area contributed by atoms with Crippen LogP contribution in [0.1, 0.15) is 11.7 Å². The average Bonchev–Trinajstić information content (AvgIpc) is 2.81. The lowest BCUT2D eigenvalue weighted by molar-refractivity contribution is 0.0390. The second-order valence-electron chi connectivity index (χ2n) is 7.33. The standard InChI is InChI=1S/C22H23FN6O2S/c1-24-21(32)26-15-5-3-14(4-6-15)19-13-29(9-10-31-19)22-27-18(11-20(30)28(22)2)16-7-8-25-12-17(16)23/h3-8,11-12,19H,9-10,13H2,1-2H3,(H2,24,26,32)/t19-/m1/s1. The van der Waals surface area contributed by atoms with Gasteiger partial charge in [0.15, 0.2) is 10.9 Å². The van der Waals surface area contributed by atoms with Gasteiger partial charge in [0.25, 0.3) is 5.56 Å². The number of ether oxygens (including phenoxy) is 1. The van der Waals surface area contributed by atoms with Gasteiger partial charge in [0.1, 0.15) is 6.10 Å². The van der Waals surface area contributed by atoms with E-state index in [9.17, 15) is 9.18 Å². The van der Waals surface area contributed by atoms with Crippen LogP contribution >= 0.6 is 12.2 Å². The number of nitrogens with zero attached hydrogens (tertiary/aromatic N) is 4. The predicted octanol–water partition coefficient (Wildman–Crippen LogP) is 2.48. The minimum Gasteiger partial charge on any atom is -0.370 e. The summed E-state index contributed by atoms with van der Waals surface area (Å²) in [5.41, 5.74) is 2.13. The van der Waals surface area contributed by atoms with Crippen LogP contribution in [0.25, 0.3) is 11.3 Å². The van der Waals surface area contributed by atoms with Gasteiger partial charge in [-0.2, -0.15) is 0 Å². The molecule has 0 aliphatic carbocycles. The minimum absolute atomic E-state index is 0.202. The number of halogens is 1. The summed E-state index contributed by atoms with van der Waals surface area (Å²) in [6.07, 6.45) is 2.39. The first-order valence-electron chi connectivity index (χ1n) is 10.1. The maximum absolute atomic E-state index is 14.2. The molecule has 0 bridgehead atoms. The predicted molar refractivity (Wildman–Crippen MR) is 125 cm³/mol. The summed E-state index contributed by atoms with van der Waals surface area (Å²) in [5, 5.41) is 6.49. The van der Waals surface area contributed by atoms with Crippen LogP contribution in [-0.2, 0) is 11.8 Å². The quantitative estimate of drug-likeness (QED) is 0.582. The van der Waals surface area contributed by atoms with Crippen LogP contribution in [0.4, 0.5) is 16.0 Å². The van der Waals surface area contributed by atoms with Crippen LogP contribution in [-0.4, -0.2) is 46.4 Å². The van der Waals surface area contributed by atoms with Gasteiger partial charge in [-0.3, -0.25) is 14.3 Å². The number of rotatable bonds is 4. The first-order valence-corrected chi connectivity index (χ1v) is 10.5. The van der Waals surface area contributed by atoms with Gasteiger partial charge in [0.2, 0.25) is 5.95 Å². The molecule has 0 spiro atoms. The van der Waals surface area contributed by atoms with Crippen molar-refractivity contribution >= 4 is 29.0 Å². The summed E-state index contributed by atoms with van der Waals surface area (Å²) >= 11 is 5.13. The average molecular weight is 455 g/mol. The van der Waals surface area contributed by atoms with Gasteiger partial charge in [0, 0.05) is 44.2 Å². The van der Waals surface area contributed by atoms with Crippen LogP contribution in [0.2, 0.25) is 0 Å². The number of thiocarbonyl (C=S) groups is 1. The lowest BCUT2D eigenvalue weighted by Crippen LogP contribution is -2.41. The third-order valence-corrected chi connectivity index (χ3v) is 5.58. The fourth-order valence-electron chi connectivity index (χ4n) is 3.54. The van der Waals surface area contributed by atoms with E-state index in [0.29, 0.717) is 30.8 Å². The van der Waals surface area contributed by atoms with Crippen LogP contribution < -0.4 is 21.1 Å². The second-order valence-corrected chi connectivity index (χ2v) is 7.73. The number of pyridine rings is 1. The Bertz CT molecular complexity index is 1180. The van der Waals surface area contributed by atoms with E-state index in [1.54, 1.807) is 14.1 Å². The maximum Gasteiger partial charge on any atom is 0.255 e. The number of benzene rings is 1. The zero-order chi connectivity index (χ0) is 22.7. The molecule has 3 aromatic rings. The van der Waals surface area contributed by atoms with E-state index >= 15 is 0 Å². The number of hydrogen-bond acceptors (Lipinski definition) is 6. The molecule has 1 aliphatic heterocycles. The van der Waals surface area contributed by atoms with Gasteiger partial charge in [-0.25, -0.2) is 9.37 Å². The van der Waals surface area contributed by atoms with Gasteiger partial charge in [-0.05, 0) is 36.0 Å². The monoisotopic (exact) mass is 454 g/mol. The molecule has 166 valence electrons. The molecule has 1 atom stereocenters. The van der Waals surface area contributed by atoms with E-state index in [-0.39, 0.29) is 22.9 Å². The zero-order valence-electron chi connectivity index (χ0n) is 17.7. The van der Waals surface area contributed by atoms with Gasteiger partial charge in [-0.15, -0.1) is 0 Å². The molecule has 2 N–H and O–H groups in total. The molecule has 1 aromatic carbocycles. The molecular formula is C22H23FN6O2S. The smallest absolute Gasteiger partial charge is 0.255 e. The number of morpholine rings is 1. The molecule has 1 aliphatic rings. The van der Waals surface area contributed by atoms with E-state index < -0.39 is 5.82 Å². The van der Waals surface area contributed by atoms with Crippen LogP contribution in [0.3, 0.4) is 0 Å². The Morgan fingerprint density at radius 3 is 2.78 bits per heavy atom. The molecule has 10 heteroatoms. The summed E-state index contributed by atoms with van der Waals surface area (Å²) in [6.45, 7) is 1.54. The molecule has 32 heavy (non-hydrogen) atoms. The van der Waals surface area contributed by atoms with Crippen molar-refractivity contribution in [3.8, 4) is 11.3 Å². The van der Waals surface area contributed by atoms with Crippen molar-refractivity contribution in [3.05, 3.63) is 70.5 Å². The summed E-state index contributed by atoms with van der Waals surface area (Å²) in [4.78, 5) is 23.0. The van der Waals surface area contributed by atoms with E-state index in [0.717, 1.165) is 17.4 Å². The van der Waals surface area contributed by atoms with Crippen molar-refractivity contribution in [2.75, 3.05) is 37.0 Å². The Kier molecular flexibility index (Phi) is 6.42. The van der Waals surface area contributed by atoms with Crippen LogP contribution in [0, 0.1) is 5.82 Å². The topological polar surface area (TPSA) is 84.3 Å². The van der Waals surface area contributed by atoms with Gasteiger partial charge in [0.05, 0.1) is 25.0 Å². The Labute approximate surface area is 190 Å². The van der Waals surface area contributed by atoms with Crippen LogP contribution in [0.5, 0.6) is 0 Å². The highest BCUT2D eigenvalue weighted by atomic mass is 32.1. The fourth-order valence-corrected chi connectivity index (χ4v) is 3.66. The van der Waals surface area contributed by atoms with Crippen molar-refractivity contribution in [3.63, 3.8) is 0 Å². The molecule has 2 aromatic heterocycles.